The van der Waals surface area contributed by atoms with E-state index >= 15 is 0 Å². The quantitative estimate of drug-likeness (QED) is 0.622. The summed E-state index contributed by atoms with van der Waals surface area (Å²) >= 11 is 0. The van der Waals surface area contributed by atoms with E-state index in [1.165, 1.54) is 0 Å². The number of carbonyl (C=O) groups excluding carboxylic acids is 1. The number of rotatable bonds is 10. The average molecular weight is 273 g/mol. The number of nitrogens with one attached hydrogen (secondary N) is 1. The van der Waals surface area contributed by atoms with Gasteiger partial charge in [-0.1, -0.05) is 20.8 Å². The highest BCUT2D eigenvalue weighted by Crippen LogP contribution is 2.17. The van der Waals surface area contributed by atoms with Crippen LogP contribution in [0.15, 0.2) is 0 Å². The summed E-state index contributed by atoms with van der Waals surface area (Å²) in [5.74, 6) is 0.309. The maximum Gasteiger partial charge on any atom is 0.326 e. The SMILES string of the molecule is CCCNC(C)(CC(C)OCC(C)C)C(=O)OCC. The third kappa shape index (κ3) is 7.53. The maximum absolute atomic E-state index is 12.1. The van der Waals surface area contributed by atoms with E-state index in [0.29, 0.717) is 25.6 Å². The molecule has 19 heavy (non-hydrogen) atoms. The first-order valence-electron chi connectivity index (χ1n) is 7.39. The molecule has 1 N–H and O–H groups in total. The normalized spacial score (nSPS) is 16.2. The fourth-order valence-corrected chi connectivity index (χ4v) is 1.91. The molecule has 114 valence electrons. The van der Waals surface area contributed by atoms with E-state index < -0.39 is 5.54 Å². The molecule has 2 unspecified atom stereocenters. The summed E-state index contributed by atoms with van der Waals surface area (Å²) in [4.78, 5) is 12.1. The monoisotopic (exact) mass is 273 g/mol. The third-order valence-electron chi connectivity index (χ3n) is 2.90. The average Bonchev–Trinajstić information content (AvgIpc) is 2.34. The molecule has 0 aromatic carbocycles. The van der Waals surface area contributed by atoms with Crippen LogP contribution in [0, 0.1) is 5.92 Å². The number of carbonyl (C=O) groups is 1. The summed E-state index contributed by atoms with van der Waals surface area (Å²) in [6, 6.07) is 0. The molecular formula is C15H31NO3. The molecule has 0 heterocycles. The number of hydrogen-bond donors (Lipinski definition) is 1. The highest BCUT2D eigenvalue weighted by Gasteiger charge is 2.35. The van der Waals surface area contributed by atoms with Gasteiger partial charge in [0.05, 0.1) is 12.7 Å². The molecule has 0 rings (SSSR count). The fourth-order valence-electron chi connectivity index (χ4n) is 1.91. The summed E-state index contributed by atoms with van der Waals surface area (Å²) in [7, 11) is 0. The molecule has 0 radical (unpaired) electrons. The topological polar surface area (TPSA) is 47.6 Å². The van der Waals surface area contributed by atoms with Crippen LogP contribution in [0.3, 0.4) is 0 Å². The largest absolute Gasteiger partial charge is 0.465 e. The van der Waals surface area contributed by atoms with Gasteiger partial charge >= 0.3 is 5.97 Å². The molecule has 2 atom stereocenters. The Bertz CT molecular complexity index is 256. The lowest BCUT2D eigenvalue weighted by Crippen LogP contribution is -2.52. The predicted molar refractivity (Wildman–Crippen MR) is 78.2 cm³/mol. The first kappa shape index (κ1) is 18.4. The van der Waals surface area contributed by atoms with Gasteiger partial charge < -0.3 is 14.8 Å². The standard InChI is InChI=1S/C15H31NO3/c1-7-9-16-15(6,14(17)18-8-2)10-13(5)19-11-12(3)4/h12-13,16H,7-11H2,1-6H3. The summed E-state index contributed by atoms with van der Waals surface area (Å²) in [5, 5.41) is 3.29. The minimum atomic E-state index is -0.664. The fraction of sp³-hybridized carbons (Fsp3) is 0.933. The van der Waals surface area contributed by atoms with Crippen molar-refractivity contribution in [3.8, 4) is 0 Å². The zero-order valence-electron chi connectivity index (χ0n) is 13.4. The molecule has 4 heteroatoms. The lowest BCUT2D eigenvalue weighted by Gasteiger charge is -2.31. The molecule has 0 aromatic rings. The van der Waals surface area contributed by atoms with E-state index in [9.17, 15) is 4.79 Å². The van der Waals surface area contributed by atoms with E-state index in [-0.39, 0.29) is 12.1 Å². The Morgan fingerprint density at radius 3 is 2.37 bits per heavy atom. The Hall–Kier alpha value is -0.610. The van der Waals surface area contributed by atoms with Crippen LogP contribution < -0.4 is 5.32 Å². The van der Waals surface area contributed by atoms with Crippen molar-refractivity contribution >= 4 is 5.97 Å². The highest BCUT2D eigenvalue weighted by molar-refractivity contribution is 5.80. The zero-order valence-corrected chi connectivity index (χ0v) is 13.4. The Labute approximate surface area is 118 Å². The van der Waals surface area contributed by atoms with Gasteiger partial charge in [-0.15, -0.1) is 0 Å². The molecule has 0 bridgehead atoms. The van der Waals surface area contributed by atoms with Gasteiger partial charge in [-0.2, -0.15) is 0 Å². The molecule has 0 aromatic heterocycles. The molecule has 0 fully saturated rings. The molecule has 0 aliphatic carbocycles. The van der Waals surface area contributed by atoms with Crippen molar-refractivity contribution in [2.75, 3.05) is 19.8 Å². The number of ether oxygens (including phenoxy) is 2. The first-order chi connectivity index (χ1) is 8.85. The van der Waals surface area contributed by atoms with E-state index in [0.717, 1.165) is 13.0 Å². The van der Waals surface area contributed by atoms with Crippen molar-refractivity contribution in [1.82, 2.24) is 5.32 Å². The van der Waals surface area contributed by atoms with Crippen LogP contribution in [-0.4, -0.2) is 37.4 Å². The van der Waals surface area contributed by atoms with Crippen molar-refractivity contribution in [3.63, 3.8) is 0 Å². The van der Waals surface area contributed by atoms with E-state index in [2.05, 4.69) is 26.1 Å². The van der Waals surface area contributed by atoms with Crippen LogP contribution >= 0.6 is 0 Å². The number of hydrogen-bond acceptors (Lipinski definition) is 4. The molecule has 0 aliphatic rings. The summed E-state index contributed by atoms with van der Waals surface area (Å²) in [5.41, 5.74) is -0.664. The Morgan fingerprint density at radius 1 is 1.26 bits per heavy atom. The zero-order chi connectivity index (χ0) is 14.9. The lowest BCUT2D eigenvalue weighted by molar-refractivity contribution is -0.152. The Balaban J connectivity index is 4.51. The van der Waals surface area contributed by atoms with Gasteiger partial charge in [0.2, 0.25) is 0 Å². The molecule has 0 saturated heterocycles. The smallest absolute Gasteiger partial charge is 0.326 e. The second-order valence-corrected chi connectivity index (χ2v) is 5.72. The van der Waals surface area contributed by atoms with Crippen molar-refractivity contribution in [3.05, 3.63) is 0 Å². The Kier molecular flexibility index (Phi) is 9.02. The molecule has 0 spiro atoms. The van der Waals surface area contributed by atoms with Crippen LogP contribution in [0.25, 0.3) is 0 Å². The van der Waals surface area contributed by atoms with Crippen LogP contribution in [0.2, 0.25) is 0 Å². The summed E-state index contributed by atoms with van der Waals surface area (Å²) < 4.78 is 10.9. The van der Waals surface area contributed by atoms with E-state index in [1.54, 1.807) is 0 Å². The van der Waals surface area contributed by atoms with Gasteiger partial charge in [-0.3, -0.25) is 4.79 Å². The minimum absolute atomic E-state index is 0.0289. The van der Waals surface area contributed by atoms with Gasteiger partial charge in [0.15, 0.2) is 0 Å². The van der Waals surface area contributed by atoms with Crippen LogP contribution in [0.1, 0.15) is 54.4 Å². The van der Waals surface area contributed by atoms with Crippen LogP contribution in [0.5, 0.6) is 0 Å². The molecular weight excluding hydrogens is 242 g/mol. The van der Waals surface area contributed by atoms with Crippen molar-refractivity contribution in [2.45, 2.75) is 66.0 Å². The Morgan fingerprint density at radius 2 is 1.89 bits per heavy atom. The van der Waals surface area contributed by atoms with Crippen molar-refractivity contribution in [1.29, 1.82) is 0 Å². The lowest BCUT2D eigenvalue weighted by atomic mass is 9.94. The molecule has 0 amide bonds. The van der Waals surface area contributed by atoms with Crippen molar-refractivity contribution in [2.24, 2.45) is 5.92 Å². The molecule has 0 saturated carbocycles. The van der Waals surface area contributed by atoms with Gasteiger partial charge in [0.25, 0.3) is 0 Å². The van der Waals surface area contributed by atoms with Gasteiger partial charge in [0, 0.05) is 13.0 Å². The maximum atomic E-state index is 12.1. The minimum Gasteiger partial charge on any atom is -0.465 e. The van der Waals surface area contributed by atoms with Gasteiger partial charge in [-0.25, -0.2) is 0 Å². The number of esters is 1. The predicted octanol–water partition coefficient (Wildman–Crippen LogP) is 2.76. The summed E-state index contributed by atoms with van der Waals surface area (Å²) in [6.07, 6.45) is 1.63. The van der Waals surface area contributed by atoms with Crippen LogP contribution in [-0.2, 0) is 14.3 Å². The van der Waals surface area contributed by atoms with Gasteiger partial charge in [0.1, 0.15) is 5.54 Å². The van der Waals surface area contributed by atoms with Gasteiger partial charge in [-0.05, 0) is 39.7 Å². The van der Waals surface area contributed by atoms with E-state index in [4.69, 9.17) is 9.47 Å². The molecule has 4 nitrogen and oxygen atoms in total. The molecule has 0 aliphatic heterocycles. The van der Waals surface area contributed by atoms with Crippen LogP contribution in [0.4, 0.5) is 0 Å². The third-order valence-corrected chi connectivity index (χ3v) is 2.90. The highest BCUT2D eigenvalue weighted by atomic mass is 16.5. The van der Waals surface area contributed by atoms with Crippen molar-refractivity contribution < 1.29 is 14.3 Å². The second kappa shape index (κ2) is 9.32. The summed E-state index contributed by atoms with van der Waals surface area (Å²) in [6.45, 7) is 14.0. The van der Waals surface area contributed by atoms with E-state index in [1.807, 2.05) is 20.8 Å². The first-order valence-corrected chi connectivity index (χ1v) is 7.39. The second-order valence-electron chi connectivity index (χ2n) is 5.72.